The van der Waals surface area contributed by atoms with Gasteiger partial charge in [-0.05, 0) is 37.8 Å². The molecule has 10 nitrogen and oxygen atoms in total. The average molecular weight is 434 g/mol. The fraction of sp³-hybridized carbons (Fsp3) is 0.364. The minimum absolute atomic E-state index is 0.112. The normalized spacial score (nSPS) is 14.9. The van der Waals surface area contributed by atoms with Crippen LogP contribution in [0, 0.1) is 12.8 Å². The lowest BCUT2D eigenvalue weighted by atomic mass is 9.96. The van der Waals surface area contributed by atoms with Gasteiger partial charge in [0.25, 0.3) is 0 Å². The molecule has 1 aliphatic rings. The number of fused-ring (bicyclic) bond motifs is 1. The van der Waals surface area contributed by atoms with Gasteiger partial charge >= 0.3 is 0 Å². The Hall–Kier alpha value is -3.82. The van der Waals surface area contributed by atoms with Crippen LogP contribution in [0.15, 0.2) is 36.9 Å². The molecule has 0 spiro atoms. The van der Waals surface area contributed by atoms with E-state index in [-0.39, 0.29) is 11.8 Å². The molecule has 4 N–H and O–H groups in total. The first-order chi connectivity index (χ1) is 15.5. The van der Waals surface area contributed by atoms with Gasteiger partial charge in [0.05, 0.1) is 12.8 Å². The third-order valence-electron chi connectivity index (χ3n) is 6.22. The Bertz CT molecular complexity index is 1250. The Morgan fingerprint density at radius 3 is 2.66 bits per heavy atom. The first-order valence-corrected chi connectivity index (χ1v) is 10.7. The summed E-state index contributed by atoms with van der Waals surface area (Å²) in [6.07, 6.45) is 7.89. The maximum Gasteiger partial charge on any atom is 0.224 e. The fourth-order valence-electron chi connectivity index (χ4n) is 4.43. The molecule has 10 heteroatoms. The maximum atomic E-state index is 5.95. The van der Waals surface area contributed by atoms with E-state index >= 15 is 0 Å². The van der Waals surface area contributed by atoms with Gasteiger partial charge in [0.1, 0.15) is 17.9 Å². The smallest absolute Gasteiger partial charge is 0.224 e. The molecule has 1 saturated heterocycles. The van der Waals surface area contributed by atoms with E-state index in [0.29, 0.717) is 17.1 Å². The highest BCUT2D eigenvalue weighted by atomic mass is 16.5. The van der Waals surface area contributed by atoms with Crippen LogP contribution in [-0.2, 0) is 6.54 Å². The molecule has 0 saturated carbocycles. The Labute approximate surface area is 185 Å². The zero-order chi connectivity index (χ0) is 22.2. The molecule has 0 unspecified atom stereocenters. The van der Waals surface area contributed by atoms with Crippen LogP contribution >= 0.6 is 0 Å². The maximum absolute atomic E-state index is 5.95. The van der Waals surface area contributed by atoms with Crippen molar-refractivity contribution in [3.05, 3.63) is 42.7 Å². The van der Waals surface area contributed by atoms with Crippen molar-refractivity contribution in [3.63, 3.8) is 0 Å². The highest BCUT2D eigenvalue weighted by molar-refractivity contribution is 5.84. The number of rotatable bonds is 5. The number of nitrogens with zero attached hydrogens (tertiary/aromatic N) is 7. The van der Waals surface area contributed by atoms with Crippen LogP contribution < -0.4 is 21.1 Å². The average Bonchev–Trinajstić information content (AvgIpc) is 3.40. The quantitative estimate of drug-likeness (QED) is 0.491. The number of methoxy groups -OCH3 is 1. The molecule has 0 aliphatic carbocycles. The number of nitrogen functional groups attached to an aromatic ring is 2. The summed E-state index contributed by atoms with van der Waals surface area (Å²) in [5.74, 6) is 2.84. The van der Waals surface area contributed by atoms with Crippen molar-refractivity contribution in [2.75, 3.05) is 36.6 Å². The molecule has 0 amide bonds. The van der Waals surface area contributed by atoms with Gasteiger partial charge in [-0.3, -0.25) is 4.57 Å². The van der Waals surface area contributed by atoms with Gasteiger partial charge in [-0.15, -0.1) is 0 Å². The SMILES string of the molecule is COc1cc(N2CCC(Cn3ccnc3C)CC2)ccc1-n1cnc2c(N)nc(N)nc21. The number of nitrogens with two attached hydrogens (primary N) is 2. The summed E-state index contributed by atoms with van der Waals surface area (Å²) in [6.45, 7) is 5.11. The Morgan fingerprint density at radius 2 is 1.94 bits per heavy atom. The molecule has 1 aliphatic heterocycles. The second-order valence-corrected chi connectivity index (χ2v) is 8.17. The number of hydrogen-bond donors (Lipinski definition) is 2. The molecular weight excluding hydrogens is 406 g/mol. The lowest BCUT2D eigenvalue weighted by Gasteiger charge is -2.34. The number of piperidine rings is 1. The molecule has 166 valence electrons. The number of imidazole rings is 2. The summed E-state index contributed by atoms with van der Waals surface area (Å²) in [5, 5.41) is 0. The first-order valence-electron chi connectivity index (χ1n) is 10.7. The Morgan fingerprint density at radius 1 is 1.12 bits per heavy atom. The number of benzene rings is 1. The zero-order valence-corrected chi connectivity index (χ0v) is 18.3. The van der Waals surface area contributed by atoms with E-state index in [0.717, 1.165) is 55.4 Å². The zero-order valence-electron chi connectivity index (χ0n) is 18.3. The van der Waals surface area contributed by atoms with Gasteiger partial charge in [0.15, 0.2) is 17.0 Å². The van der Waals surface area contributed by atoms with Crippen molar-refractivity contribution in [3.8, 4) is 11.4 Å². The molecule has 0 bridgehead atoms. The van der Waals surface area contributed by atoms with Crippen LogP contribution in [0.25, 0.3) is 16.9 Å². The van der Waals surface area contributed by atoms with Crippen molar-refractivity contribution >= 4 is 28.6 Å². The second-order valence-electron chi connectivity index (χ2n) is 8.17. The van der Waals surface area contributed by atoms with E-state index in [9.17, 15) is 0 Å². The van der Waals surface area contributed by atoms with Crippen molar-refractivity contribution in [2.45, 2.75) is 26.3 Å². The van der Waals surface area contributed by atoms with Gasteiger partial charge in [-0.2, -0.15) is 9.97 Å². The van der Waals surface area contributed by atoms with Crippen LogP contribution in [0.2, 0.25) is 0 Å². The molecule has 4 aromatic rings. The first kappa shape index (κ1) is 20.1. The summed E-state index contributed by atoms with van der Waals surface area (Å²) in [7, 11) is 1.67. The summed E-state index contributed by atoms with van der Waals surface area (Å²) in [6, 6.07) is 6.19. The summed E-state index contributed by atoms with van der Waals surface area (Å²) >= 11 is 0. The topological polar surface area (TPSA) is 126 Å². The van der Waals surface area contributed by atoms with E-state index < -0.39 is 0 Å². The third-order valence-corrected chi connectivity index (χ3v) is 6.22. The van der Waals surface area contributed by atoms with Crippen LogP contribution in [0.1, 0.15) is 18.7 Å². The Kier molecular flexibility index (Phi) is 5.04. The number of aromatic nitrogens is 6. The largest absolute Gasteiger partial charge is 0.494 e. The van der Waals surface area contributed by atoms with E-state index in [1.54, 1.807) is 13.4 Å². The van der Waals surface area contributed by atoms with E-state index in [2.05, 4.69) is 54.7 Å². The molecule has 4 heterocycles. The molecule has 32 heavy (non-hydrogen) atoms. The van der Waals surface area contributed by atoms with Crippen molar-refractivity contribution < 1.29 is 4.74 Å². The molecule has 1 aromatic carbocycles. The second kappa shape index (κ2) is 8.03. The van der Waals surface area contributed by atoms with Crippen molar-refractivity contribution in [1.29, 1.82) is 0 Å². The molecular formula is C22H27N9O. The van der Waals surface area contributed by atoms with Gasteiger partial charge in [-0.1, -0.05) is 0 Å². The predicted octanol–water partition coefficient (Wildman–Crippen LogP) is 2.41. The predicted molar refractivity (Wildman–Crippen MR) is 124 cm³/mol. The molecule has 0 atom stereocenters. The summed E-state index contributed by atoms with van der Waals surface area (Å²) in [4.78, 5) is 19.4. The fourth-order valence-corrected chi connectivity index (χ4v) is 4.43. The van der Waals surface area contributed by atoms with Gasteiger partial charge in [0.2, 0.25) is 5.95 Å². The van der Waals surface area contributed by atoms with Crippen LogP contribution in [-0.4, -0.2) is 49.3 Å². The van der Waals surface area contributed by atoms with Gasteiger partial charge < -0.3 is 25.7 Å². The minimum atomic E-state index is 0.112. The van der Waals surface area contributed by atoms with Crippen LogP contribution in [0.3, 0.4) is 0 Å². The van der Waals surface area contributed by atoms with Crippen LogP contribution in [0.5, 0.6) is 5.75 Å². The monoisotopic (exact) mass is 433 g/mol. The van der Waals surface area contributed by atoms with Crippen LogP contribution in [0.4, 0.5) is 17.5 Å². The van der Waals surface area contributed by atoms with E-state index in [1.165, 1.54) is 0 Å². The van der Waals surface area contributed by atoms with Crippen molar-refractivity contribution in [1.82, 2.24) is 29.1 Å². The molecule has 3 aromatic heterocycles. The number of aryl methyl sites for hydroxylation is 1. The Balaban J connectivity index is 1.36. The number of anilines is 3. The highest BCUT2D eigenvalue weighted by Gasteiger charge is 2.22. The summed E-state index contributed by atoms with van der Waals surface area (Å²) < 4.78 is 9.80. The number of hydrogen-bond acceptors (Lipinski definition) is 8. The molecule has 5 rings (SSSR count). The minimum Gasteiger partial charge on any atom is -0.494 e. The molecule has 1 fully saturated rings. The van der Waals surface area contributed by atoms with Gasteiger partial charge in [-0.25, -0.2) is 9.97 Å². The lowest BCUT2D eigenvalue weighted by Crippen LogP contribution is -2.35. The highest BCUT2D eigenvalue weighted by Crippen LogP contribution is 2.33. The number of ether oxygens (including phenoxy) is 1. The van der Waals surface area contributed by atoms with Gasteiger partial charge in [0, 0.05) is 43.8 Å². The standard InChI is InChI=1S/C22H27N9O/c1-14-25-7-10-30(14)12-15-5-8-29(9-6-15)16-3-4-17(18(11-16)32-2)31-13-26-19-20(23)27-22(24)28-21(19)31/h3-4,7,10-11,13,15H,5-6,8-9,12H2,1-2H3,(H4,23,24,27,28). The van der Waals surface area contributed by atoms with Crippen molar-refractivity contribution in [2.24, 2.45) is 5.92 Å². The summed E-state index contributed by atoms with van der Waals surface area (Å²) in [5.41, 5.74) is 14.8. The lowest BCUT2D eigenvalue weighted by molar-refractivity contribution is 0.353. The van der Waals surface area contributed by atoms with E-state index in [4.69, 9.17) is 16.2 Å². The van der Waals surface area contributed by atoms with E-state index in [1.807, 2.05) is 16.8 Å². The third kappa shape index (κ3) is 3.57. The molecule has 0 radical (unpaired) electrons.